The zero-order valence-electron chi connectivity index (χ0n) is 14.1. The molecule has 0 amide bonds. The van der Waals surface area contributed by atoms with Crippen LogP contribution in [0, 0.1) is 0 Å². The van der Waals surface area contributed by atoms with Crippen molar-refractivity contribution < 1.29 is 9.53 Å². The number of ether oxygens (including phenoxy) is 1. The Hall–Kier alpha value is -3.33. The Bertz CT molecular complexity index is 1080. The standard InChI is InChI=1S/C23H17NO2/c25-22(13-15-14-24-21-12-6-5-7-16(15)21)26-23-19-10-3-1-8-17(19)18-9-2-4-11-20(18)23/h1-12,14,23-24H,13H2. The molecular formula is C23H17NO2. The molecule has 4 aromatic rings. The van der Waals surface area contributed by atoms with Crippen LogP contribution in [0.1, 0.15) is 22.8 Å². The molecule has 0 unspecified atom stereocenters. The number of aromatic nitrogens is 1. The van der Waals surface area contributed by atoms with E-state index in [0.29, 0.717) is 0 Å². The third-order valence-corrected chi connectivity index (χ3v) is 5.04. The number of esters is 1. The van der Waals surface area contributed by atoms with Crippen molar-refractivity contribution >= 4 is 16.9 Å². The Morgan fingerprint density at radius 1 is 0.846 bits per heavy atom. The average Bonchev–Trinajstić information content (AvgIpc) is 3.22. The first-order valence-electron chi connectivity index (χ1n) is 8.74. The van der Waals surface area contributed by atoms with Crippen molar-refractivity contribution in [3.8, 4) is 11.1 Å². The second-order valence-corrected chi connectivity index (χ2v) is 6.58. The van der Waals surface area contributed by atoms with Crippen LogP contribution in [-0.2, 0) is 16.0 Å². The van der Waals surface area contributed by atoms with Crippen LogP contribution in [0.4, 0.5) is 0 Å². The first-order valence-corrected chi connectivity index (χ1v) is 8.74. The SMILES string of the molecule is O=C(Cc1c[nH]c2ccccc12)OC1c2ccccc2-c2ccccc21. The van der Waals surface area contributed by atoms with E-state index < -0.39 is 0 Å². The largest absolute Gasteiger partial charge is 0.452 e. The van der Waals surface area contributed by atoms with Crippen LogP contribution in [0.5, 0.6) is 0 Å². The van der Waals surface area contributed by atoms with Gasteiger partial charge in [0.25, 0.3) is 0 Å². The van der Waals surface area contributed by atoms with E-state index in [1.54, 1.807) is 0 Å². The maximum Gasteiger partial charge on any atom is 0.311 e. The van der Waals surface area contributed by atoms with Gasteiger partial charge in [0, 0.05) is 28.2 Å². The van der Waals surface area contributed by atoms with Gasteiger partial charge in [-0.15, -0.1) is 0 Å². The van der Waals surface area contributed by atoms with Gasteiger partial charge < -0.3 is 9.72 Å². The van der Waals surface area contributed by atoms with E-state index >= 15 is 0 Å². The summed E-state index contributed by atoms with van der Waals surface area (Å²) in [5, 5.41) is 1.07. The van der Waals surface area contributed by atoms with Gasteiger partial charge in [-0.2, -0.15) is 0 Å². The van der Waals surface area contributed by atoms with E-state index in [0.717, 1.165) is 38.7 Å². The molecule has 1 aliphatic rings. The first-order chi connectivity index (χ1) is 12.8. The van der Waals surface area contributed by atoms with Crippen molar-refractivity contribution in [2.24, 2.45) is 0 Å². The molecule has 126 valence electrons. The van der Waals surface area contributed by atoms with Crippen LogP contribution in [0.3, 0.4) is 0 Å². The summed E-state index contributed by atoms with van der Waals surface area (Å²) in [4.78, 5) is 15.9. The fraction of sp³-hybridized carbons (Fsp3) is 0.0870. The van der Waals surface area contributed by atoms with E-state index in [-0.39, 0.29) is 18.5 Å². The Morgan fingerprint density at radius 3 is 2.19 bits per heavy atom. The quantitative estimate of drug-likeness (QED) is 0.532. The fourth-order valence-electron chi connectivity index (χ4n) is 3.84. The first kappa shape index (κ1) is 15.0. The lowest BCUT2D eigenvalue weighted by Gasteiger charge is -2.15. The number of para-hydroxylation sites is 1. The highest BCUT2D eigenvalue weighted by Crippen LogP contribution is 2.45. The number of fused-ring (bicyclic) bond motifs is 4. The lowest BCUT2D eigenvalue weighted by atomic mass is 10.1. The van der Waals surface area contributed by atoms with Gasteiger partial charge in [0.05, 0.1) is 6.42 Å². The maximum absolute atomic E-state index is 12.7. The highest BCUT2D eigenvalue weighted by atomic mass is 16.5. The Labute approximate surface area is 151 Å². The summed E-state index contributed by atoms with van der Waals surface area (Å²) in [5.74, 6) is -0.216. The summed E-state index contributed by atoms with van der Waals surface area (Å²) in [5.41, 5.74) is 6.40. The summed E-state index contributed by atoms with van der Waals surface area (Å²) >= 11 is 0. The van der Waals surface area contributed by atoms with Crippen molar-refractivity contribution in [2.75, 3.05) is 0 Å². The molecule has 1 heterocycles. The lowest BCUT2D eigenvalue weighted by Crippen LogP contribution is -2.12. The minimum absolute atomic E-state index is 0.216. The van der Waals surface area contributed by atoms with E-state index in [1.807, 2.05) is 66.9 Å². The zero-order chi connectivity index (χ0) is 17.5. The van der Waals surface area contributed by atoms with Gasteiger partial charge in [0.15, 0.2) is 6.10 Å². The number of hydrogen-bond acceptors (Lipinski definition) is 2. The maximum atomic E-state index is 12.7. The van der Waals surface area contributed by atoms with Crippen LogP contribution >= 0.6 is 0 Å². The third kappa shape index (κ3) is 2.32. The topological polar surface area (TPSA) is 42.1 Å². The molecule has 3 heteroatoms. The van der Waals surface area contributed by atoms with Gasteiger partial charge in [-0.3, -0.25) is 4.79 Å². The molecule has 0 aliphatic heterocycles. The average molecular weight is 339 g/mol. The van der Waals surface area contributed by atoms with Gasteiger partial charge in [-0.05, 0) is 22.8 Å². The van der Waals surface area contributed by atoms with E-state index in [2.05, 4.69) is 17.1 Å². The number of nitrogens with one attached hydrogen (secondary N) is 1. The predicted octanol–water partition coefficient (Wildman–Crippen LogP) is 5.02. The van der Waals surface area contributed by atoms with Gasteiger partial charge in [-0.25, -0.2) is 0 Å². The Balaban J connectivity index is 1.45. The monoisotopic (exact) mass is 339 g/mol. The summed E-state index contributed by atoms with van der Waals surface area (Å²) in [7, 11) is 0. The van der Waals surface area contributed by atoms with Crippen LogP contribution < -0.4 is 0 Å². The molecule has 3 nitrogen and oxygen atoms in total. The molecule has 0 radical (unpaired) electrons. The predicted molar refractivity (Wildman–Crippen MR) is 102 cm³/mol. The van der Waals surface area contributed by atoms with E-state index in [4.69, 9.17) is 4.74 Å². The highest BCUT2D eigenvalue weighted by molar-refractivity contribution is 5.88. The number of H-pyrrole nitrogens is 1. The van der Waals surface area contributed by atoms with Gasteiger partial charge in [0.1, 0.15) is 0 Å². The number of carbonyl (C=O) groups is 1. The van der Waals surface area contributed by atoms with Gasteiger partial charge in [0.2, 0.25) is 0 Å². The van der Waals surface area contributed by atoms with Crippen LogP contribution in [-0.4, -0.2) is 11.0 Å². The lowest BCUT2D eigenvalue weighted by molar-refractivity contribution is -0.146. The molecular weight excluding hydrogens is 322 g/mol. The number of carbonyl (C=O) groups excluding carboxylic acids is 1. The molecule has 3 aromatic carbocycles. The number of aromatic amines is 1. The second kappa shape index (κ2) is 5.88. The fourth-order valence-corrected chi connectivity index (χ4v) is 3.84. The van der Waals surface area contributed by atoms with Crippen LogP contribution in [0.2, 0.25) is 0 Å². The molecule has 1 aromatic heterocycles. The van der Waals surface area contributed by atoms with Crippen LogP contribution in [0.25, 0.3) is 22.0 Å². The molecule has 0 spiro atoms. The molecule has 5 rings (SSSR count). The Kier molecular flexibility index (Phi) is 3.39. The smallest absolute Gasteiger partial charge is 0.311 e. The zero-order valence-corrected chi connectivity index (χ0v) is 14.1. The number of rotatable bonds is 3. The molecule has 1 N–H and O–H groups in total. The summed E-state index contributed by atoms with van der Waals surface area (Å²) in [6.07, 6.45) is 1.81. The minimum Gasteiger partial charge on any atom is -0.452 e. The van der Waals surface area contributed by atoms with Crippen molar-refractivity contribution in [3.05, 3.63) is 95.7 Å². The molecule has 0 atom stereocenters. The summed E-state index contributed by atoms with van der Waals surface area (Å²) < 4.78 is 5.93. The van der Waals surface area contributed by atoms with Crippen molar-refractivity contribution in [2.45, 2.75) is 12.5 Å². The van der Waals surface area contributed by atoms with E-state index in [1.165, 1.54) is 0 Å². The summed E-state index contributed by atoms with van der Waals surface area (Å²) in [6.45, 7) is 0. The molecule has 0 saturated carbocycles. The molecule has 0 saturated heterocycles. The third-order valence-electron chi connectivity index (χ3n) is 5.04. The second-order valence-electron chi connectivity index (χ2n) is 6.58. The highest BCUT2D eigenvalue weighted by Gasteiger charge is 2.31. The normalized spacial score (nSPS) is 12.8. The van der Waals surface area contributed by atoms with Crippen molar-refractivity contribution in [3.63, 3.8) is 0 Å². The van der Waals surface area contributed by atoms with E-state index in [9.17, 15) is 4.79 Å². The minimum atomic E-state index is -0.333. The number of hydrogen-bond donors (Lipinski definition) is 1. The van der Waals surface area contributed by atoms with Crippen molar-refractivity contribution in [1.29, 1.82) is 0 Å². The van der Waals surface area contributed by atoms with Gasteiger partial charge in [-0.1, -0.05) is 66.7 Å². The molecule has 26 heavy (non-hydrogen) atoms. The summed E-state index contributed by atoms with van der Waals surface area (Å²) in [6, 6.07) is 24.3. The van der Waals surface area contributed by atoms with Gasteiger partial charge >= 0.3 is 5.97 Å². The molecule has 0 fully saturated rings. The molecule has 0 bridgehead atoms. The Morgan fingerprint density at radius 2 is 1.46 bits per heavy atom. The number of benzene rings is 3. The van der Waals surface area contributed by atoms with Crippen molar-refractivity contribution in [1.82, 2.24) is 4.98 Å². The van der Waals surface area contributed by atoms with Crippen LogP contribution in [0.15, 0.2) is 79.0 Å². The molecule has 1 aliphatic carbocycles.